The molecule has 0 fully saturated rings. The molecule has 0 amide bonds. The number of nitrogens with one attached hydrogen (secondary N) is 2. The molecule has 0 radical (unpaired) electrons. The summed E-state index contributed by atoms with van der Waals surface area (Å²) in [7, 11) is 1.63. The number of ether oxygens (including phenoxy) is 1. The molecule has 0 unspecified atom stereocenters. The summed E-state index contributed by atoms with van der Waals surface area (Å²) in [5, 5.41) is 6.35. The molecule has 0 bridgehead atoms. The van der Waals surface area contributed by atoms with Crippen LogP contribution in [0.2, 0.25) is 0 Å². The number of rotatable bonds is 7. The molecule has 2 aromatic heterocycles. The standard InChI is InChI=1S/C13H18N6O/c1-10-8-11(19-12(18-10)9-20-2)14-6-7-17-13-15-4-3-5-16-13/h3-5,8H,6-7,9H2,1-2H3,(H,14,18,19)(H,15,16,17). The zero-order valence-corrected chi connectivity index (χ0v) is 11.6. The monoisotopic (exact) mass is 274 g/mol. The quantitative estimate of drug-likeness (QED) is 0.735. The van der Waals surface area contributed by atoms with Gasteiger partial charge in [0.15, 0.2) is 5.82 Å². The average molecular weight is 274 g/mol. The molecule has 0 atom stereocenters. The van der Waals surface area contributed by atoms with Crippen molar-refractivity contribution in [2.24, 2.45) is 0 Å². The summed E-state index contributed by atoms with van der Waals surface area (Å²) in [5.41, 5.74) is 0.911. The van der Waals surface area contributed by atoms with Crippen molar-refractivity contribution in [1.29, 1.82) is 0 Å². The molecule has 0 aromatic carbocycles. The van der Waals surface area contributed by atoms with Gasteiger partial charge in [0.05, 0.1) is 0 Å². The molecule has 2 rings (SSSR count). The second-order valence-corrected chi connectivity index (χ2v) is 4.17. The molecule has 2 heterocycles. The Morgan fingerprint density at radius 2 is 1.85 bits per heavy atom. The van der Waals surface area contributed by atoms with Crippen LogP contribution in [-0.2, 0) is 11.3 Å². The van der Waals surface area contributed by atoms with Gasteiger partial charge in [-0.2, -0.15) is 0 Å². The van der Waals surface area contributed by atoms with Crippen molar-refractivity contribution in [3.63, 3.8) is 0 Å². The summed E-state index contributed by atoms with van der Waals surface area (Å²) in [6.45, 7) is 3.75. The predicted molar refractivity (Wildman–Crippen MR) is 76.5 cm³/mol. The van der Waals surface area contributed by atoms with Crippen LogP contribution in [0.15, 0.2) is 24.5 Å². The topological polar surface area (TPSA) is 84.9 Å². The van der Waals surface area contributed by atoms with E-state index in [1.807, 2.05) is 13.0 Å². The smallest absolute Gasteiger partial charge is 0.222 e. The van der Waals surface area contributed by atoms with Crippen molar-refractivity contribution >= 4 is 11.8 Å². The normalized spacial score (nSPS) is 10.3. The molecule has 0 aliphatic carbocycles. The van der Waals surface area contributed by atoms with Crippen LogP contribution in [-0.4, -0.2) is 40.1 Å². The minimum absolute atomic E-state index is 0.409. The van der Waals surface area contributed by atoms with Crippen molar-refractivity contribution in [1.82, 2.24) is 19.9 Å². The van der Waals surface area contributed by atoms with Gasteiger partial charge in [-0.1, -0.05) is 0 Å². The van der Waals surface area contributed by atoms with Gasteiger partial charge < -0.3 is 15.4 Å². The zero-order valence-electron chi connectivity index (χ0n) is 11.6. The molecule has 20 heavy (non-hydrogen) atoms. The first-order chi connectivity index (χ1) is 9.78. The van der Waals surface area contributed by atoms with Crippen molar-refractivity contribution in [3.05, 3.63) is 36.0 Å². The van der Waals surface area contributed by atoms with E-state index >= 15 is 0 Å². The fourth-order valence-corrected chi connectivity index (χ4v) is 1.67. The summed E-state index contributed by atoms with van der Waals surface area (Å²) >= 11 is 0. The summed E-state index contributed by atoms with van der Waals surface area (Å²) in [6.07, 6.45) is 3.40. The lowest BCUT2D eigenvalue weighted by molar-refractivity contribution is 0.177. The maximum absolute atomic E-state index is 5.04. The lowest BCUT2D eigenvalue weighted by atomic mass is 10.4. The maximum atomic E-state index is 5.04. The van der Waals surface area contributed by atoms with Gasteiger partial charge in [0, 0.05) is 44.4 Å². The predicted octanol–water partition coefficient (Wildman–Crippen LogP) is 1.25. The fraction of sp³-hybridized carbons (Fsp3) is 0.385. The summed E-state index contributed by atoms with van der Waals surface area (Å²) < 4.78 is 5.04. The number of methoxy groups -OCH3 is 1. The first kappa shape index (κ1) is 14.1. The van der Waals surface area contributed by atoms with Crippen LogP contribution in [0.3, 0.4) is 0 Å². The molecule has 7 heteroatoms. The Balaban J connectivity index is 1.81. The van der Waals surface area contributed by atoms with E-state index in [0.29, 0.717) is 31.5 Å². The van der Waals surface area contributed by atoms with Crippen molar-refractivity contribution in [2.75, 3.05) is 30.8 Å². The third-order valence-corrected chi connectivity index (χ3v) is 2.45. The maximum Gasteiger partial charge on any atom is 0.222 e. The van der Waals surface area contributed by atoms with E-state index < -0.39 is 0 Å². The SMILES string of the molecule is COCc1nc(C)cc(NCCNc2ncccn2)n1. The molecule has 106 valence electrons. The molecule has 0 spiro atoms. The number of aromatic nitrogens is 4. The van der Waals surface area contributed by atoms with Gasteiger partial charge in [0.2, 0.25) is 5.95 Å². The van der Waals surface area contributed by atoms with E-state index in [2.05, 4.69) is 30.6 Å². The second kappa shape index (κ2) is 7.34. The molecule has 7 nitrogen and oxygen atoms in total. The number of hydrogen-bond acceptors (Lipinski definition) is 7. The largest absolute Gasteiger partial charge is 0.377 e. The lowest BCUT2D eigenvalue weighted by Gasteiger charge is -2.09. The Hall–Kier alpha value is -2.28. The molecule has 0 aliphatic heterocycles. The van der Waals surface area contributed by atoms with Gasteiger partial charge in [-0.05, 0) is 13.0 Å². The van der Waals surface area contributed by atoms with E-state index in [4.69, 9.17) is 4.74 Å². The highest BCUT2D eigenvalue weighted by Gasteiger charge is 2.01. The van der Waals surface area contributed by atoms with Crippen molar-refractivity contribution < 1.29 is 4.74 Å². The highest BCUT2D eigenvalue weighted by Crippen LogP contribution is 2.06. The second-order valence-electron chi connectivity index (χ2n) is 4.17. The highest BCUT2D eigenvalue weighted by atomic mass is 16.5. The number of aryl methyl sites for hydroxylation is 1. The number of nitrogens with zero attached hydrogens (tertiary/aromatic N) is 4. The molecule has 0 aliphatic rings. The minimum atomic E-state index is 0.409. The van der Waals surface area contributed by atoms with Crippen LogP contribution in [0.25, 0.3) is 0 Å². The van der Waals surface area contributed by atoms with Crippen LogP contribution >= 0.6 is 0 Å². The summed E-state index contributed by atoms with van der Waals surface area (Å²) in [5.74, 6) is 2.09. The molecule has 0 saturated heterocycles. The minimum Gasteiger partial charge on any atom is -0.377 e. The Bertz CT molecular complexity index is 534. The van der Waals surface area contributed by atoms with Gasteiger partial charge in [-0.15, -0.1) is 0 Å². The van der Waals surface area contributed by atoms with E-state index in [9.17, 15) is 0 Å². The molecule has 2 aromatic rings. The van der Waals surface area contributed by atoms with Crippen molar-refractivity contribution in [3.8, 4) is 0 Å². The van der Waals surface area contributed by atoms with Crippen LogP contribution in [0.4, 0.5) is 11.8 Å². The Labute approximate surface area is 117 Å². The number of anilines is 2. The van der Waals surface area contributed by atoms with Crippen LogP contribution in [0, 0.1) is 6.92 Å². The van der Waals surface area contributed by atoms with Crippen molar-refractivity contribution in [2.45, 2.75) is 13.5 Å². The van der Waals surface area contributed by atoms with Gasteiger partial charge in [0.25, 0.3) is 0 Å². The van der Waals surface area contributed by atoms with Crippen LogP contribution in [0.5, 0.6) is 0 Å². The van der Waals surface area contributed by atoms with E-state index in [1.54, 1.807) is 25.6 Å². The summed E-state index contributed by atoms with van der Waals surface area (Å²) in [4.78, 5) is 16.8. The van der Waals surface area contributed by atoms with E-state index in [1.165, 1.54) is 0 Å². The van der Waals surface area contributed by atoms with Crippen LogP contribution < -0.4 is 10.6 Å². The van der Waals surface area contributed by atoms with E-state index in [0.717, 1.165) is 11.5 Å². The lowest BCUT2D eigenvalue weighted by Crippen LogP contribution is -2.16. The van der Waals surface area contributed by atoms with E-state index in [-0.39, 0.29) is 0 Å². The Morgan fingerprint density at radius 1 is 1.10 bits per heavy atom. The Kier molecular flexibility index (Phi) is 5.19. The third kappa shape index (κ3) is 4.43. The Morgan fingerprint density at radius 3 is 2.60 bits per heavy atom. The van der Waals surface area contributed by atoms with Gasteiger partial charge >= 0.3 is 0 Å². The first-order valence-electron chi connectivity index (χ1n) is 6.36. The van der Waals surface area contributed by atoms with Crippen LogP contribution in [0.1, 0.15) is 11.5 Å². The summed E-state index contributed by atoms with van der Waals surface area (Å²) in [6, 6.07) is 3.68. The van der Waals surface area contributed by atoms with Gasteiger partial charge in [-0.25, -0.2) is 19.9 Å². The number of hydrogen-bond donors (Lipinski definition) is 2. The molecule has 0 saturated carbocycles. The molecular weight excluding hydrogens is 256 g/mol. The van der Waals surface area contributed by atoms with Gasteiger partial charge in [0.1, 0.15) is 12.4 Å². The highest BCUT2D eigenvalue weighted by molar-refractivity contribution is 5.36. The first-order valence-corrected chi connectivity index (χ1v) is 6.36. The fourth-order valence-electron chi connectivity index (χ4n) is 1.67. The molecule has 2 N–H and O–H groups in total. The van der Waals surface area contributed by atoms with Gasteiger partial charge in [-0.3, -0.25) is 0 Å². The zero-order chi connectivity index (χ0) is 14.2. The third-order valence-electron chi connectivity index (χ3n) is 2.45. The average Bonchev–Trinajstić information content (AvgIpc) is 2.45. The molecular formula is C13H18N6O.